The summed E-state index contributed by atoms with van der Waals surface area (Å²) in [6.45, 7) is -2.91. The number of alkyl halides is 2. The number of nitrogens with zero attached hydrogens (tertiary/aromatic N) is 5. The lowest BCUT2D eigenvalue weighted by Gasteiger charge is -2.01. The van der Waals surface area contributed by atoms with Crippen LogP contribution >= 0.6 is 0 Å². The number of halogens is 2. The molecule has 0 aromatic carbocycles. The molecule has 0 bridgehead atoms. The number of hydrogen-bond acceptors (Lipinski definition) is 6. The monoisotopic (exact) mass is 259 g/mol. The minimum Gasteiger partial charge on any atom is -0.417 e. The van der Waals surface area contributed by atoms with Crippen molar-refractivity contribution in [3.8, 4) is 17.5 Å². The third-order valence-electron chi connectivity index (χ3n) is 2.08. The molecule has 0 unspecified atom stereocenters. The van der Waals surface area contributed by atoms with Crippen LogP contribution in [-0.2, 0) is 7.05 Å². The van der Waals surface area contributed by atoms with E-state index in [0.29, 0.717) is 5.95 Å². The van der Waals surface area contributed by atoms with Gasteiger partial charge in [-0.05, 0) is 5.16 Å². The Bertz CT molecular complexity index is 537. The highest BCUT2D eigenvalue weighted by Gasteiger charge is 2.17. The Labute approximate surface area is 101 Å². The number of hydrogen-bond donors (Lipinski definition) is 0. The first kappa shape index (κ1) is 12.3. The van der Waals surface area contributed by atoms with Gasteiger partial charge in [-0.3, -0.25) is 0 Å². The van der Waals surface area contributed by atoms with Gasteiger partial charge in [0.2, 0.25) is 5.88 Å². The minimum atomic E-state index is -2.91. The molecule has 2 aromatic rings. The Balaban J connectivity index is 2.27. The van der Waals surface area contributed by atoms with Crippen LogP contribution in [-0.4, -0.2) is 40.6 Å². The van der Waals surface area contributed by atoms with Crippen molar-refractivity contribution < 1.29 is 18.0 Å². The fraction of sp³-hybridized carbons (Fsp3) is 0.444. The van der Waals surface area contributed by atoms with Gasteiger partial charge in [0.05, 0.1) is 0 Å². The molecular formula is C9H11F2N5O2. The Hall–Kier alpha value is -2.19. The Morgan fingerprint density at radius 3 is 2.72 bits per heavy atom. The van der Waals surface area contributed by atoms with E-state index in [1.807, 2.05) is 0 Å². The first-order valence-corrected chi connectivity index (χ1v) is 4.97. The van der Waals surface area contributed by atoms with Gasteiger partial charge in [0, 0.05) is 27.2 Å². The number of ether oxygens (including phenoxy) is 1. The van der Waals surface area contributed by atoms with Crippen molar-refractivity contribution in [3.63, 3.8) is 0 Å². The maximum Gasteiger partial charge on any atom is 0.388 e. The van der Waals surface area contributed by atoms with Crippen LogP contribution in [0.5, 0.6) is 5.88 Å². The van der Waals surface area contributed by atoms with E-state index in [2.05, 4.69) is 20.0 Å². The Morgan fingerprint density at radius 2 is 2.17 bits per heavy atom. The smallest absolute Gasteiger partial charge is 0.388 e. The summed E-state index contributed by atoms with van der Waals surface area (Å²) in [5.74, 6) is 0.426. The van der Waals surface area contributed by atoms with Crippen molar-refractivity contribution in [2.24, 2.45) is 7.05 Å². The van der Waals surface area contributed by atoms with Crippen LogP contribution in [0.3, 0.4) is 0 Å². The van der Waals surface area contributed by atoms with Crippen LogP contribution in [0.1, 0.15) is 0 Å². The largest absolute Gasteiger partial charge is 0.417 e. The molecule has 2 rings (SSSR count). The molecule has 0 spiro atoms. The predicted molar refractivity (Wildman–Crippen MR) is 57.5 cm³/mol. The minimum absolute atomic E-state index is 0.0791. The van der Waals surface area contributed by atoms with E-state index in [4.69, 9.17) is 4.52 Å². The van der Waals surface area contributed by atoms with Crippen LogP contribution in [0.15, 0.2) is 10.6 Å². The summed E-state index contributed by atoms with van der Waals surface area (Å²) in [6.07, 6.45) is 0. The number of aryl methyl sites for hydroxylation is 1. The van der Waals surface area contributed by atoms with E-state index in [-0.39, 0.29) is 17.5 Å². The summed E-state index contributed by atoms with van der Waals surface area (Å²) >= 11 is 0. The lowest BCUT2D eigenvalue weighted by Crippen LogP contribution is -2.10. The van der Waals surface area contributed by atoms with Gasteiger partial charge in [-0.1, -0.05) is 0 Å². The fourth-order valence-electron chi connectivity index (χ4n) is 1.26. The van der Waals surface area contributed by atoms with Crippen molar-refractivity contribution in [3.05, 3.63) is 6.07 Å². The summed E-state index contributed by atoms with van der Waals surface area (Å²) in [5.41, 5.74) is 0.272. The second-order valence-corrected chi connectivity index (χ2v) is 3.66. The molecule has 2 aromatic heterocycles. The fourth-order valence-corrected chi connectivity index (χ4v) is 1.26. The van der Waals surface area contributed by atoms with E-state index in [1.165, 1.54) is 17.8 Å². The topological polar surface area (TPSA) is 69.2 Å². The van der Waals surface area contributed by atoms with Crippen molar-refractivity contribution in [1.82, 2.24) is 19.9 Å². The quantitative estimate of drug-likeness (QED) is 0.820. The molecule has 0 fully saturated rings. The first-order chi connectivity index (χ1) is 8.47. The summed E-state index contributed by atoms with van der Waals surface area (Å²) < 4.78 is 34.6. The van der Waals surface area contributed by atoms with Gasteiger partial charge in [0.25, 0.3) is 11.8 Å². The summed E-state index contributed by atoms with van der Waals surface area (Å²) in [5, 5.41) is 7.64. The van der Waals surface area contributed by atoms with E-state index >= 15 is 0 Å². The molecule has 9 heteroatoms. The second-order valence-electron chi connectivity index (χ2n) is 3.66. The summed E-state index contributed by atoms with van der Waals surface area (Å²) in [6, 6.07) is 1.30. The zero-order valence-corrected chi connectivity index (χ0v) is 9.96. The van der Waals surface area contributed by atoms with Gasteiger partial charge in [-0.15, -0.1) is 0 Å². The molecule has 0 amide bonds. The third-order valence-corrected chi connectivity index (χ3v) is 2.08. The second kappa shape index (κ2) is 4.59. The number of aromatic nitrogens is 4. The van der Waals surface area contributed by atoms with Gasteiger partial charge in [-0.2, -0.15) is 18.9 Å². The van der Waals surface area contributed by atoms with E-state index in [0.717, 1.165) is 0 Å². The zero-order valence-electron chi connectivity index (χ0n) is 9.96. The van der Waals surface area contributed by atoms with E-state index < -0.39 is 6.61 Å². The third kappa shape index (κ3) is 2.39. The van der Waals surface area contributed by atoms with Crippen LogP contribution in [0.25, 0.3) is 11.6 Å². The SMILES string of the molecule is CN(C)c1noc(-c2cc(OC(F)F)n(C)n2)n1. The molecule has 0 radical (unpaired) electrons. The maximum atomic E-state index is 12.1. The average Bonchev–Trinajstić information content (AvgIpc) is 2.85. The van der Waals surface area contributed by atoms with Gasteiger partial charge in [0.1, 0.15) is 0 Å². The molecule has 2 heterocycles. The van der Waals surface area contributed by atoms with Gasteiger partial charge in [0.15, 0.2) is 5.69 Å². The van der Waals surface area contributed by atoms with Gasteiger partial charge < -0.3 is 14.2 Å². The highest BCUT2D eigenvalue weighted by molar-refractivity contribution is 5.50. The van der Waals surface area contributed by atoms with Crippen LogP contribution in [0.2, 0.25) is 0 Å². The van der Waals surface area contributed by atoms with E-state index in [1.54, 1.807) is 19.0 Å². The first-order valence-electron chi connectivity index (χ1n) is 4.97. The highest BCUT2D eigenvalue weighted by Crippen LogP contribution is 2.23. The normalized spacial score (nSPS) is 11.0. The van der Waals surface area contributed by atoms with Crippen molar-refractivity contribution in [2.75, 3.05) is 19.0 Å². The molecule has 0 saturated carbocycles. The molecule has 0 aliphatic heterocycles. The van der Waals surface area contributed by atoms with Crippen LogP contribution in [0, 0.1) is 0 Å². The maximum absolute atomic E-state index is 12.1. The van der Waals surface area contributed by atoms with E-state index in [9.17, 15) is 8.78 Å². The lowest BCUT2D eigenvalue weighted by molar-refractivity contribution is -0.0553. The molecule has 18 heavy (non-hydrogen) atoms. The Kier molecular flexibility index (Phi) is 3.13. The number of rotatable bonds is 4. The van der Waals surface area contributed by atoms with Crippen molar-refractivity contribution in [1.29, 1.82) is 0 Å². The zero-order chi connectivity index (χ0) is 13.3. The van der Waals surface area contributed by atoms with Crippen LogP contribution < -0.4 is 9.64 Å². The summed E-state index contributed by atoms with van der Waals surface area (Å²) in [7, 11) is 4.97. The molecular weight excluding hydrogens is 248 g/mol. The molecule has 98 valence electrons. The van der Waals surface area contributed by atoms with Gasteiger partial charge >= 0.3 is 6.61 Å². The Morgan fingerprint density at radius 1 is 1.44 bits per heavy atom. The highest BCUT2D eigenvalue weighted by atomic mass is 19.3. The average molecular weight is 259 g/mol. The molecule has 0 aliphatic carbocycles. The molecule has 7 nitrogen and oxygen atoms in total. The molecule has 0 saturated heterocycles. The molecule has 0 atom stereocenters. The lowest BCUT2D eigenvalue weighted by atomic mass is 10.4. The predicted octanol–water partition coefficient (Wildman–Crippen LogP) is 1.14. The summed E-state index contributed by atoms with van der Waals surface area (Å²) in [4.78, 5) is 5.69. The molecule has 0 aliphatic rings. The van der Waals surface area contributed by atoms with Crippen molar-refractivity contribution >= 4 is 5.95 Å². The van der Waals surface area contributed by atoms with Crippen LogP contribution in [0.4, 0.5) is 14.7 Å². The standard InChI is InChI=1S/C9H11F2N5O2/c1-15(2)9-12-7(18-14-9)5-4-6(16(3)13-5)17-8(10)11/h4,8H,1-3H3. The molecule has 0 N–H and O–H groups in total. The van der Waals surface area contributed by atoms with Gasteiger partial charge in [-0.25, -0.2) is 4.68 Å². The number of anilines is 1. The van der Waals surface area contributed by atoms with Crippen molar-refractivity contribution in [2.45, 2.75) is 6.61 Å².